The Kier molecular flexibility index (Phi) is 10.4. The van der Waals surface area contributed by atoms with Gasteiger partial charge in [-0.05, 0) is 56.0 Å². The minimum absolute atomic E-state index is 0.405. The van der Waals surface area contributed by atoms with Gasteiger partial charge < -0.3 is 19.5 Å². The Morgan fingerprint density at radius 2 is 1.73 bits per heavy atom. The van der Waals surface area contributed by atoms with E-state index in [-0.39, 0.29) is 0 Å². The number of ether oxygens (including phenoxy) is 3. The van der Waals surface area contributed by atoms with Gasteiger partial charge in [-0.1, -0.05) is 92.9 Å². The number of benzene rings is 3. The molecule has 10 heteroatoms. The summed E-state index contributed by atoms with van der Waals surface area (Å²) in [5, 5.41) is 13.1. The molecule has 0 radical (unpaired) electrons. The maximum absolute atomic E-state index is 6.54. The molecule has 1 aliphatic heterocycles. The van der Waals surface area contributed by atoms with Crippen molar-refractivity contribution in [3.63, 3.8) is 0 Å². The number of halogens is 2. The van der Waals surface area contributed by atoms with Crippen LogP contribution in [0.1, 0.15) is 56.4 Å². The Morgan fingerprint density at radius 3 is 2.54 bits per heavy atom. The lowest BCUT2D eigenvalue weighted by atomic mass is 10.1. The van der Waals surface area contributed by atoms with Crippen LogP contribution in [0.15, 0.2) is 74.8 Å². The van der Waals surface area contributed by atoms with Crippen molar-refractivity contribution < 1.29 is 14.2 Å². The largest absolute Gasteiger partial charge is 0.493 e. The van der Waals surface area contributed by atoms with E-state index in [0.717, 1.165) is 43.5 Å². The van der Waals surface area contributed by atoms with Gasteiger partial charge in [-0.3, -0.25) is 0 Å². The van der Waals surface area contributed by atoms with Crippen LogP contribution >= 0.6 is 43.6 Å². The maximum atomic E-state index is 6.54. The summed E-state index contributed by atoms with van der Waals surface area (Å²) in [6.07, 6.45) is 5.52. The number of aromatic nitrogens is 3. The predicted octanol–water partition coefficient (Wildman–Crippen LogP) is 9.22. The summed E-state index contributed by atoms with van der Waals surface area (Å²) >= 11 is 9.13. The summed E-state index contributed by atoms with van der Waals surface area (Å²) in [5.74, 6) is 2.56. The summed E-state index contributed by atoms with van der Waals surface area (Å²) in [5.41, 5.74) is 4.23. The van der Waals surface area contributed by atoms with Crippen LogP contribution in [0.2, 0.25) is 0 Å². The number of unbranched alkanes of at least 4 members (excludes halogenated alkanes) is 4. The number of rotatable bonds is 12. The van der Waals surface area contributed by atoms with Crippen molar-refractivity contribution in [2.75, 3.05) is 18.2 Å². The van der Waals surface area contributed by atoms with Gasteiger partial charge in [0, 0.05) is 27.0 Å². The molecule has 4 aromatic rings. The van der Waals surface area contributed by atoms with E-state index in [2.05, 4.69) is 54.3 Å². The molecule has 0 aliphatic carbocycles. The zero-order valence-electron chi connectivity index (χ0n) is 23.0. The van der Waals surface area contributed by atoms with Gasteiger partial charge in [0.2, 0.25) is 11.0 Å². The van der Waals surface area contributed by atoms with Crippen molar-refractivity contribution >= 4 is 49.3 Å². The van der Waals surface area contributed by atoms with Crippen LogP contribution in [0.4, 0.5) is 5.69 Å². The number of methoxy groups -OCH3 is 1. The Bertz CT molecular complexity index is 1480. The first-order valence-electron chi connectivity index (χ1n) is 13.7. The molecular formula is C31H32Br2N4O3S. The molecule has 1 aromatic heterocycles. The number of nitrogens with zero attached hydrogens (tertiary/aromatic N) is 3. The second-order valence-corrected chi connectivity index (χ2v) is 12.2. The van der Waals surface area contributed by atoms with E-state index in [0.29, 0.717) is 34.8 Å². The molecule has 41 heavy (non-hydrogen) atoms. The number of nitrogens with one attached hydrogen (secondary N) is 1. The third kappa shape index (κ3) is 7.16. The quantitative estimate of drug-likeness (QED) is 0.116. The van der Waals surface area contributed by atoms with Crippen molar-refractivity contribution in [2.45, 2.75) is 57.0 Å². The molecular weight excluding hydrogens is 668 g/mol. The minimum Gasteiger partial charge on any atom is -0.493 e. The first-order valence-corrected chi connectivity index (χ1v) is 16.3. The van der Waals surface area contributed by atoms with Gasteiger partial charge >= 0.3 is 0 Å². The van der Waals surface area contributed by atoms with Crippen molar-refractivity contribution in [3.05, 3.63) is 80.7 Å². The summed E-state index contributed by atoms with van der Waals surface area (Å²) in [6, 6.07) is 19.9. The van der Waals surface area contributed by atoms with E-state index in [1.54, 1.807) is 18.9 Å². The fourth-order valence-corrected chi connectivity index (χ4v) is 6.35. The van der Waals surface area contributed by atoms with Crippen molar-refractivity contribution in [1.29, 1.82) is 0 Å². The van der Waals surface area contributed by atoms with Crippen molar-refractivity contribution in [3.8, 4) is 28.6 Å². The van der Waals surface area contributed by atoms with E-state index in [9.17, 15) is 0 Å². The molecule has 0 amide bonds. The van der Waals surface area contributed by atoms with E-state index in [1.807, 2.05) is 60.7 Å². The van der Waals surface area contributed by atoms with Gasteiger partial charge in [0.1, 0.15) is 6.61 Å². The molecule has 0 unspecified atom stereocenters. The molecule has 7 nitrogen and oxygen atoms in total. The lowest BCUT2D eigenvalue weighted by molar-refractivity contribution is 0.223. The van der Waals surface area contributed by atoms with Crippen LogP contribution in [0.5, 0.6) is 17.4 Å². The highest BCUT2D eigenvalue weighted by molar-refractivity contribution is 9.13. The molecule has 2 heterocycles. The highest BCUT2D eigenvalue weighted by Crippen LogP contribution is 2.47. The van der Waals surface area contributed by atoms with Crippen LogP contribution in [0, 0.1) is 0 Å². The molecule has 0 spiro atoms. The summed E-state index contributed by atoms with van der Waals surface area (Å²) < 4.78 is 20.0. The lowest BCUT2D eigenvalue weighted by Crippen LogP contribution is -2.18. The van der Waals surface area contributed by atoms with Gasteiger partial charge in [-0.2, -0.15) is 4.98 Å². The molecule has 0 fully saturated rings. The van der Waals surface area contributed by atoms with Gasteiger partial charge in [0.05, 0.1) is 11.6 Å². The van der Waals surface area contributed by atoms with E-state index in [1.165, 1.54) is 25.7 Å². The van der Waals surface area contributed by atoms with Gasteiger partial charge in [-0.25, -0.2) is 0 Å². The fraction of sp³-hybridized carbons (Fsp3) is 0.323. The zero-order chi connectivity index (χ0) is 28.6. The normalized spacial score (nSPS) is 13.8. The first-order chi connectivity index (χ1) is 20.1. The Morgan fingerprint density at radius 1 is 0.951 bits per heavy atom. The number of hydrogen-bond acceptors (Lipinski definition) is 8. The second kappa shape index (κ2) is 14.4. The van der Waals surface area contributed by atoms with Crippen LogP contribution in [-0.4, -0.2) is 28.0 Å². The Balaban J connectivity index is 1.43. The Hall–Kier alpha value is -2.82. The monoisotopic (exact) mass is 698 g/mol. The number of fused-ring (bicyclic) bond motifs is 3. The summed E-state index contributed by atoms with van der Waals surface area (Å²) in [4.78, 5) is 4.80. The summed E-state index contributed by atoms with van der Waals surface area (Å²) in [7, 11) is 1.63. The highest BCUT2D eigenvalue weighted by atomic mass is 79.9. The molecule has 1 N–H and O–H groups in total. The topological polar surface area (TPSA) is 78.4 Å². The fourth-order valence-electron chi connectivity index (χ4n) is 4.53. The highest BCUT2D eigenvalue weighted by Gasteiger charge is 2.30. The van der Waals surface area contributed by atoms with Crippen LogP contribution in [0.25, 0.3) is 11.3 Å². The third-order valence-electron chi connectivity index (χ3n) is 6.70. The number of anilines is 1. The zero-order valence-corrected chi connectivity index (χ0v) is 27.0. The van der Waals surface area contributed by atoms with E-state index in [4.69, 9.17) is 19.2 Å². The molecule has 1 atom stereocenters. The molecule has 3 aromatic carbocycles. The molecule has 0 saturated heterocycles. The predicted molar refractivity (Wildman–Crippen MR) is 171 cm³/mol. The Labute approximate surface area is 262 Å². The van der Waals surface area contributed by atoms with Crippen molar-refractivity contribution in [2.24, 2.45) is 0 Å². The SMILES string of the molecule is CCCCCCCSc1nnc2c(n1)O[C@H](c1cc(OC)c(OCc3ccccc3)c(Br)c1Br)Nc1ccccc1-2. The van der Waals surface area contributed by atoms with Gasteiger partial charge in [0.25, 0.3) is 0 Å². The average Bonchev–Trinajstić information content (AvgIpc) is 3.16. The minimum atomic E-state index is -0.594. The summed E-state index contributed by atoms with van der Waals surface area (Å²) in [6.45, 7) is 2.63. The average molecular weight is 700 g/mol. The number of para-hydroxylation sites is 1. The lowest BCUT2D eigenvalue weighted by Gasteiger charge is -2.23. The van der Waals surface area contributed by atoms with Crippen molar-refractivity contribution in [1.82, 2.24) is 15.2 Å². The first kappa shape index (κ1) is 29.7. The van der Waals surface area contributed by atoms with Gasteiger partial charge in [0.15, 0.2) is 23.4 Å². The molecule has 1 aliphatic rings. The smallest absolute Gasteiger partial charge is 0.247 e. The third-order valence-corrected chi connectivity index (χ3v) is 9.76. The maximum Gasteiger partial charge on any atom is 0.247 e. The molecule has 214 valence electrons. The van der Waals surface area contributed by atoms with E-state index < -0.39 is 6.23 Å². The number of thioether (sulfide) groups is 1. The molecule has 5 rings (SSSR count). The molecule has 0 saturated carbocycles. The van der Waals surface area contributed by atoms with Crippen LogP contribution < -0.4 is 19.5 Å². The van der Waals surface area contributed by atoms with E-state index >= 15 is 0 Å². The number of hydrogen-bond donors (Lipinski definition) is 1. The molecule has 0 bridgehead atoms. The standard InChI is InChI=1S/C31H32Br2N4O3S/c1-3-4-5-6-12-17-41-31-35-30-27(36-37-31)21-15-10-11-16-23(21)34-29(40-30)22-18-24(38-2)28(26(33)25(22)32)39-19-20-13-8-7-9-14-20/h7-11,13-16,18,29,34H,3-6,12,17,19H2,1-2H3/t29-/m1/s1. The van der Waals surface area contributed by atoms with Gasteiger partial charge in [-0.15, -0.1) is 10.2 Å². The van der Waals surface area contributed by atoms with Crippen LogP contribution in [-0.2, 0) is 6.61 Å². The van der Waals surface area contributed by atoms with Crippen LogP contribution in [0.3, 0.4) is 0 Å². The second-order valence-electron chi connectivity index (χ2n) is 9.60.